The van der Waals surface area contributed by atoms with Gasteiger partial charge in [0.2, 0.25) is 0 Å². The number of nitrogens with zero attached hydrogens (tertiary/aromatic N) is 2. The predicted octanol–water partition coefficient (Wildman–Crippen LogP) is 3.94. The minimum atomic E-state index is -0.713. The van der Waals surface area contributed by atoms with Crippen LogP contribution < -0.4 is 5.32 Å². The first-order chi connectivity index (χ1) is 15.2. The number of carbonyl (C=O) groups excluding carboxylic acids is 2. The van der Waals surface area contributed by atoms with Crippen molar-refractivity contribution in [3.63, 3.8) is 0 Å². The Morgan fingerprint density at radius 2 is 2.00 bits per heavy atom. The summed E-state index contributed by atoms with van der Waals surface area (Å²) in [7, 11) is 1.25. The Balaban J connectivity index is 1.40. The first-order valence-electron chi connectivity index (χ1n) is 10.8. The number of fused-ring (bicyclic) bond motifs is 1. The maximum Gasteiger partial charge on any atom is 0.412 e. The monoisotopic (exact) mass is 441 g/mol. The number of methoxy groups -OCH3 is 1. The zero-order chi connectivity index (χ0) is 23.1. The standard InChI is InChI=1S/C24H31N3O5/c1-24(2,3)32-23(29)27-20(22(28)30-4)11-13-31-19-14-16(15-19)7-9-18-10-8-17-6-5-12-25-21(17)26-18/h5-6,8,10-12,16,19H,7,9,13-15H2,1-4H3,(H,27,29)/b20-11+. The van der Waals surface area contributed by atoms with Gasteiger partial charge in [-0.05, 0) is 82.7 Å². The molecule has 0 bridgehead atoms. The molecule has 2 aromatic rings. The second kappa shape index (κ2) is 10.5. The molecule has 0 saturated heterocycles. The quantitative estimate of drug-likeness (QED) is 0.489. The largest absolute Gasteiger partial charge is 0.464 e. The summed E-state index contributed by atoms with van der Waals surface area (Å²) in [5.74, 6) is -0.0616. The molecule has 8 heteroatoms. The molecule has 1 saturated carbocycles. The van der Waals surface area contributed by atoms with Crippen LogP contribution in [0.15, 0.2) is 42.2 Å². The molecule has 0 radical (unpaired) electrons. The third-order valence-electron chi connectivity index (χ3n) is 5.18. The Labute approximate surface area is 188 Å². The Hall–Kier alpha value is -3.00. The summed E-state index contributed by atoms with van der Waals surface area (Å²) in [5.41, 5.74) is 1.18. The van der Waals surface area contributed by atoms with Crippen molar-refractivity contribution in [3.8, 4) is 0 Å². The van der Waals surface area contributed by atoms with E-state index in [-0.39, 0.29) is 18.4 Å². The number of aryl methyl sites for hydroxylation is 1. The van der Waals surface area contributed by atoms with E-state index in [1.54, 1.807) is 27.0 Å². The van der Waals surface area contributed by atoms with Crippen LogP contribution in [0.25, 0.3) is 11.0 Å². The summed E-state index contributed by atoms with van der Waals surface area (Å²) in [6.07, 6.45) is 6.59. The van der Waals surface area contributed by atoms with Crippen LogP contribution >= 0.6 is 0 Å². The smallest absolute Gasteiger partial charge is 0.412 e. The van der Waals surface area contributed by atoms with E-state index in [0.29, 0.717) is 5.92 Å². The zero-order valence-electron chi connectivity index (χ0n) is 19.1. The molecule has 3 rings (SSSR count). The number of hydrogen-bond donors (Lipinski definition) is 1. The minimum absolute atomic E-state index is 0.00797. The van der Waals surface area contributed by atoms with Gasteiger partial charge in [0.05, 0.1) is 19.8 Å². The van der Waals surface area contributed by atoms with Crippen LogP contribution in [0.4, 0.5) is 4.79 Å². The van der Waals surface area contributed by atoms with Crippen LogP contribution in [0.3, 0.4) is 0 Å². The second-order valence-electron chi connectivity index (χ2n) is 8.92. The van der Waals surface area contributed by atoms with Crippen molar-refractivity contribution in [1.29, 1.82) is 0 Å². The van der Waals surface area contributed by atoms with Gasteiger partial charge in [-0.25, -0.2) is 19.6 Å². The number of alkyl carbamates (subject to hydrolysis) is 1. The third kappa shape index (κ3) is 7.02. The van der Waals surface area contributed by atoms with E-state index in [1.807, 2.05) is 12.1 Å². The molecule has 1 fully saturated rings. The van der Waals surface area contributed by atoms with Gasteiger partial charge in [0, 0.05) is 17.3 Å². The van der Waals surface area contributed by atoms with E-state index >= 15 is 0 Å². The number of esters is 1. The number of amides is 1. The van der Waals surface area contributed by atoms with Gasteiger partial charge in [-0.3, -0.25) is 5.32 Å². The molecule has 1 aliphatic rings. The zero-order valence-corrected chi connectivity index (χ0v) is 19.1. The van der Waals surface area contributed by atoms with Crippen molar-refractivity contribution >= 4 is 23.1 Å². The summed E-state index contributed by atoms with van der Waals surface area (Å²) in [5, 5.41) is 3.48. The predicted molar refractivity (Wildman–Crippen MR) is 120 cm³/mol. The van der Waals surface area contributed by atoms with Crippen molar-refractivity contribution in [2.24, 2.45) is 5.92 Å². The number of rotatable bonds is 8. The summed E-state index contributed by atoms with van der Waals surface area (Å²) in [6.45, 7) is 5.45. The van der Waals surface area contributed by atoms with Crippen LogP contribution in [-0.2, 0) is 25.4 Å². The van der Waals surface area contributed by atoms with E-state index in [0.717, 1.165) is 42.4 Å². The summed E-state index contributed by atoms with van der Waals surface area (Å²) in [6, 6.07) is 8.05. The van der Waals surface area contributed by atoms with Crippen molar-refractivity contribution in [2.75, 3.05) is 13.7 Å². The Morgan fingerprint density at radius 3 is 2.72 bits per heavy atom. The fourth-order valence-electron chi connectivity index (χ4n) is 3.51. The van der Waals surface area contributed by atoms with Gasteiger partial charge in [-0.1, -0.05) is 0 Å². The number of nitrogens with one attached hydrogen (secondary N) is 1. The molecular weight excluding hydrogens is 410 g/mol. The van der Waals surface area contributed by atoms with Gasteiger partial charge in [-0.2, -0.15) is 0 Å². The maximum absolute atomic E-state index is 11.9. The van der Waals surface area contributed by atoms with Gasteiger partial charge in [0.1, 0.15) is 11.3 Å². The van der Waals surface area contributed by atoms with Crippen molar-refractivity contribution in [2.45, 2.75) is 58.2 Å². The Kier molecular flexibility index (Phi) is 7.80. The van der Waals surface area contributed by atoms with Gasteiger partial charge >= 0.3 is 12.1 Å². The molecule has 1 N–H and O–H groups in total. The van der Waals surface area contributed by atoms with Crippen LogP contribution in [0.2, 0.25) is 0 Å². The Bertz CT molecular complexity index is 977. The van der Waals surface area contributed by atoms with Gasteiger partial charge in [0.25, 0.3) is 0 Å². The lowest BCUT2D eigenvalue weighted by molar-refractivity contribution is -0.136. The number of carbonyl (C=O) groups is 2. The summed E-state index contributed by atoms with van der Waals surface area (Å²) >= 11 is 0. The second-order valence-corrected chi connectivity index (χ2v) is 8.92. The van der Waals surface area contributed by atoms with Crippen LogP contribution in [-0.4, -0.2) is 47.5 Å². The van der Waals surface area contributed by atoms with Gasteiger partial charge < -0.3 is 14.2 Å². The molecule has 8 nitrogen and oxygen atoms in total. The number of hydrogen-bond acceptors (Lipinski definition) is 7. The lowest BCUT2D eigenvalue weighted by Crippen LogP contribution is -2.35. The highest BCUT2D eigenvalue weighted by molar-refractivity contribution is 5.92. The highest BCUT2D eigenvalue weighted by Gasteiger charge is 2.29. The number of pyridine rings is 2. The first-order valence-corrected chi connectivity index (χ1v) is 10.8. The lowest BCUT2D eigenvalue weighted by Gasteiger charge is -2.35. The fourth-order valence-corrected chi connectivity index (χ4v) is 3.51. The van der Waals surface area contributed by atoms with E-state index < -0.39 is 17.7 Å². The first kappa shape index (κ1) is 23.7. The average Bonchev–Trinajstić information content (AvgIpc) is 2.71. The average molecular weight is 442 g/mol. The summed E-state index contributed by atoms with van der Waals surface area (Å²) in [4.78, 5) is 32.8. The van der Waals surface area contributed by atoms with Crippen molar-refractivity contribution in [1.82, 2.24) is 15.3 Å². The van der Waals surface area contributed by atoms with E-state index in [2.05, 4.69) is 27.4 Å². The molecule has 2 aromatic heterocycles. The van der Waals surface area contributed by atoms with Crippen molar-refractivity contribution < 1.29 is 23.8 Å². The molecule has 32 heavy (non-hydrogen) atoms. The Morgan fingerprint density at radius 1 is 1.22 bits per heavy atom. The molecule has 2 heterocycles. The normalized spacial score (nSPS) is 18.7. The molecule has 0 aromatic carbocycles. The highest BCUT2D eigenvalue weighted by Crippen LogP contribution is 2.33. The maximum atomic E-state index is 11.9. The molecule has 0 spiro atoms. The van der Waals surface area contributed by atoms with Gasteiger partial charge in [0.15, 0.2) is 5.65 Å². The molecule has 0 unspecified atom stereocenters. The van der Waals surface area contributed by atoms with E-state index in [9.17, 15) is 9.59 Å². The fraction of sp³-hybridized carbons (Fsp3) is 0.500. The van der Waals surface area contributed by atoms with Crippen LogP contribution in [0.5, 0.6) is 0 Å². The molecule has 172 valence electrons. The molecule has 1 amide bonds. The van der Waals surface area contributed by atoms with E-state index in [1.165, 1.54) is 13.2 Å². The van der Waals surface area contributed by atoms with Crippen molar-refractivity contribution in [3.05, 3.63) is 47.9 Å². The van der Waals surface area contributed by atoms with Crippen LogP contribution in [0.1, 0.15) is 45.7 Å². The molecule has 0 atom stereocenters. The SMILES string of the molecule is COC(=O)/C(=C\COC1CC(CCc2ccc3cccnc3n2)C1)NC(=O)OC(C)(C)C. The van der Waals surface area contributed by atoms with E-state index in [4.69, 9.17) is 14.2 Å². The minimum Gasteiger partial charge on any atom is -0.464 e. The third-order valence-corrected chi connectivity index (χ3v) is 5.18. The summed E-state index contributed by atoms with van der Waals surface area (Å²) < 4.78 is 15.7. The lowest BCUT2D eigenvalue weighted by atomic mass is 9.79. The highest BCUT2D eigenvalue weighted by atomic mass is 16.6. The molecule has 1 aliphatic carbocycles. The van der Waals surface area contributed by atoms with Crippen LogP contribution in [0, 0.1) is 5.92 Å². The topological polar surface area (TPSA) is 99.6 Å². The number of ether oxygens (including phenoxy) is 3. The number of aromatic nitrogens is 2. The van der Waals surface area contributed by atoms with Gasteiger partial charge in [-0.15, -0.1) is 0 Å². The molecule has 0 aliphatic heterocycles. The molecular formula is C24H31N3O5.